The number of hydrogen-bond donors (Lipinski definition) is 2. The normalized spacial score (nSPS) is 32.9. The van der Waals surface area contributed by atoms with Crippen molar-refractivity contribution in [2.24, 2.45) is 0 Å². The Morgan fingerprint density at radius 3 is 3.06 bits per heavy atom. The van der Waals surface area contributed by atoms with Gasteiger partial charge >= 0.3 is 0 Å². The Balaban J connectivity index is 2.37. The molecule has 1 aliphatic heterocycles. The Labute approximate surface area is 103 Å². The predicted octanol–water partition coefficient (Wildman–Crippen LogP) is 1.20. The number of nitrogens with two attached hydrogens (primary N) is 1. The molecule has 0 aromatic carbocycles. The molecule has 0 aliphatic carbocycles. The molecular weight excluding hydrogens is 245 g/mol. The Morgan fingerprint density at radius 2 is 2.53 bits per heavy atom. The van der Waals surface area contributed by atoms with Gasteiger partial charge in [0.25, 0.3) is 0 Å². The van der Waals surface area contributed by atoms with Crippen molar-refractivity contribution in [2.45, 2.75) is 31.3 Å². The largest absolute Gasteiger partial charge is 0.394 e. The molecule has 0 unspecified atom stereocenters. The van der Waals surface area contributed by atoms with Gasteiger partial charge in [0, 0.05) is 12.6 Å². The van der Waals surface area contributed by atoms with Crippen LogP contribution in [0.3, 0.4) is 0 Å². The number of alkyl halides is 1. The van der Waals surface area contributed by atoms with Gasteiger partial charge in [-0.05, 0) is 25.2 Å². The van der Waals surface area contributed by atoms with Crippen molar-refractivity contribution >= 4 is 18.0 Å². The molecule has 5 nitrogen and oxygen atoms in total. The van der Waals surface area contributed by atoms with Gasteiger partial charge in [-0.2, -0.15) is 0 Å². The highest BCUT2D eigenvalue weighted by Crippen LogP contribution is 2.40. The number of hydrogen-bond acceptors (Lipinski definition) is 5. The Morgan fingerprint density at radius 1 is 1.82 bits per heavy atom. The summed E-state index contributed by atoms with van der Waals surface area (Å²) in [6, 6.07) is 1.53. The fourth-order valence-corrected chi connectivity index (χ4v) is 2.25. The van der Waals surface area contributed by atoms with Gasteiger partial charge in [0.2, 0.25) is 4.77 Å². The van der Waals surface area contributed by atoms with Crippen molar-refractivity contribution in [3.8, 4) is 0 Å². The second kappa shape index (κ2) is 4.32. The van der Waals surface area contributed by atoms with Crippen LogP contribution in [0.5, 0.6) is 0 Å². The third-order valence-corrected chi connectivity index (χ3v) is 3.07. The zero-order valence-corrected chi connectivity index (χ0v) is 10.2. The van der Waals surface area contributed by atoms with Gasteiger partial charge in [0.15, 0.2) is 11.9 Å². The van der Waals surface area contributed by atoms with Crippen LogP contribution in [0, 0.1) is 4.77 Å². The van der Waals surface area contributed by atoms with Crippen LogP contribution in [0.1, 0.15) is 19.6 Å². The third kappa shape index (κ3) is 2.31. The quantitative estimate of drug-likeness (QED) is 0.781. The molecule has 1 aromatic heterocycles. The molecule has 2 rings (SSSR count). The lowest BCUT2D eigenvalue weighted by Gasteiger charge is -2.23. The molecule has 3 N–H and O–H groups in total. The number of nitrogens with zero attached hydrogens (tertiary/aromatic N) is 2. The summed E-state index contributed by atoms with van der Waals surface area (Å²) in [6.07, 6.45) is 0.280. The first-order valence-electron chi connectivity index (χ1n) is 5.24. The number of rotatable bonds is 2. The molecule has 1 saturated heterocycles. The number of nitrogen functional groups attached to an aromatic ring is 1. The van der Waals surface area contributed by atoms with Crippen LogP contribution < -0.4 is 5.73 Å². The van der Waals surface area contributed by atoms with E-state index in [-0.39, 0.29) is 23.6 Å². The first-order valence-corrected chi connectivity index (χ1v) is 5.65. The molecule has 1 aliphatic rings. The van der Waals surface area contributed by atoms with Crippen LogP contribution >= 0.6 is 12.2 Å². The first kappa shape index (κ1) is 12.4. The SMILES string of the molecule is C[C@@]1(F)C[C@@H](CO)O[C@H]1n1ccc(N)nc1=S. The summed E-state index contributed by atoms with van der Waals surface area (Å²) in [5, 5.41) is 9.01. The number of halogens is 1. The zero-order chi connectivity index (χ0) is 12.6. The molecule has 0 amide bonds. The minimum atomic E-state index is -1.59. The number of aliphatic hydroxyl groups excluding tert-OH is 1. The molecule has 94 valence electrons. The van der Waals surface area contributed by atoms with E-state index in [1.165, 1.54) is 17.6 Å². The smallest absolute Gasteiger partial charge is 0.203 e. The van der Waals surface area contributed by atoms with Gasteiger partial charge < -0.3 is 15.6 Å². The average molecular weight is 259 g/mol. The fourth-order valence-electron chi connectivity index (χ4n) is 1.99. The molecule has 1 aromatic rings. The molecule has 7 heteroatoms. The molecule has 3 atom stereocenters. The topological polar surface area (TPSA) is 73.3 Å². The monoisotopic (exact) mass is 259 g/mol. The summed E-state index contributed by atoms with van der Waals surface area (Å²) in [6.45, 7) is 1.21. The zero-order valence-electron chi connectivity index (χ0n) is 9.34. The lowest BCUT2D eigenvalue weighted by molar-refractivity contribution is -0.0599. The van der Waals surface area contributed by atoms with Gasteiger partial charge in [0.05, 0.1) is 12.7 Å². The van der Waals surface area contributed by atoms with E-state index >= 15 is 0 Å². The average Bonchev–Trinajstić information content (AvgIpc) is 2.54. The van der Waals surface area contributed by atoms with E-state index in [1.54, 1.807) is 6.20 Å². The van der Waals surface area contributed by atoms with Crippen LogP contribution in [-0.4, -0.2) is 33.0 Å². The van der Waals surface area contributed by atoms with E-state index in [0.717, 1.165) is 0 Å². The Hall–Kier alpha value is -1.05. The maximum absolute atomic E-state index is 14.3. The van der Waals surface area contributed by atoms with Gasteiger partial charge in [-0.3, -0.25) is 4.57 Å². The lowest BCUT2D eigenvalue weighted by atomic mass is 10.0. The van der Waals surface area contributed by atoms with Crippen LogP contribution in [0.25, 0.3) is 0 Å². The molecule has 17 heavy (non-hydrogen) atoms. The maximum Gasteiger partial charge on any atom is 0.203 e. The van der Waals surface area contributed by atoms with Crippen molar-refractivity contribution < 1.29 is 14.2 Å². The van der Waals surface area contributed by atoms with Gasteiger partial charge in [-0.25, -0.2) is 9.37 Å². The minimum absolute atomic E-state index is 0.125. The van der Waals surface area contributed by atoms with Crippen LogP contribution in [-0.2, 0) is 4.74 Å². The summed E-state index contributed by atoms with van der Waals surface area (Å²) in [5.41, 5.74) is 3.89. The summed E-state index contributed by atoms with van der Waals surface area (Å²) >= 11 is 5.02. The van der Waals surface area contributed by atoms with Gasteiger partial charge in [-0.15, -0.1) is 0 Å². The van der Waals surface area contributed by atoms with E-state index in [4.69, 9.17) is 27.8 Å². The first-order chi connectivity index (χ1) is 7.94. The second-order valence-electron chi connectivity index (χ2n) is 4.32. The highest BCUT2D eigenvalue weighted by Gasteiger charge is 2.46. The predicted molar refractivity (Wildman–Crippen MR) is 62.6 cm³/mol. The summed E-state index contributed by atoms with van der Waals surface area (Å²) in [4.78, 5) is 3.88. The number of anilines is 1. The number of ether oxygens (including phenoxy) is 1. The van der Waals surface area contributed by atoms with Crippen LogP contribution in [0.2, 0.25) is 0 Å². The highest BCUT2D eigenvalue weighted by atomic mass is 32.1. The number of aromatic nitrogens is 2. The molecule has 2 heterocycles. The standard InChI is InChI=1S/C10H14FN3O2S/c1-10(11)4-6(5-15)16-8(10)14-3-2-7(12)13-9(14)17/h2-3,6,8,15H,4-5H2,1H3,(H2,12,13,17)/t6-,8+,10+/m0/s1. The van der Waals surface area contributed by atoms with Crippen molar-refractivity contribution in [3.63, 3.8) is 0 Å². The van der Waals surface area contributed by atoms with E-state index in [2.05, 4.69) is 4.98 Å². The minimum Gasteiger partial charge on any atom is -0.394 e. The Bertz CT molecular complexity index is 477. The third-order valence-electron chi connectivity index (χ3n) is 2.77. The van der Waals surface area contributed by atoms with E-state index < -0.39 is 18.0 Å². The second-order valence-corrected chi connectivity index (χ2v) is 4.68. The lowest BCUT2D eigenvalue weighted by Crippen LogP contribution is -2.28. The molecule has 1 fully saturated rings. The molecule has 0 bridgehead atoms. The highest BCUT2D eigenvalue weighted by molar-refractivity contribution is 7.71. The molecular formula is C10H14FN3O2S. The maximum atomic E-state index is 14.3. The molecule has 0 saturated carbocycles. The van der Waals surface area contributed by atoms with Crippen molar-refractivity contribution in [3.05, 3.63) is 17.0 Å². The van der Waals surface area contributed by atoms with Crippen LogP contribution in [0.4, 0.5) is 10.2 Å². The fraction of sp³-hybridized carbons (Fsp3) is 0.600. The summed E-state index contributed by atoms with van der Waals surface area (Å²) in [5.74, 6) is 0.281. The number of aliphatic hydroxyl groups is 1. The van der Waals surface area contributed by atoms with E-state index in [9.17, 15) is 4.39 Å². The van der Waals surface area contributed by atoms with Crippen LogP contribution in [0.15, 0.2) is 12.3 Å². The van der Waals surface area contributed by atoms with Crippen molar-refractivity contribution in [2.75, 3.05) is 12.3 Å². The van der Waals surface area contributed by atoms with Gasteiger partial charge in [-0.1, -0.05) is 0 Å². The van der Waals surface area contributed by atoms with E-state index in [1.807, 2.05) is 0 Å². The van der Waals surface area contributed by atoms with Crippen molar-refractivity contribution in [1.29, 1.82) is 0 Å². The summed E-state index contributed by atoms with van der Waals surface area (Å²) in [7, 11) is 0. The molecule has 0 spiro atoms. The van der Waals surface area contributed by atoms with Gasteiger partial charge in [0.1, 0.15) is 5.82 Å². The van der Waals surface area contributed by atoms with Crippen molar-refractivity contribution in [1.82, 2.24) is 9.55 Å². The Kier molecular flexibility index (Phi) is 3.15. The molecule has 0 radical (unpaired) electrons. The van der Waals surface area contributed by atoms with E-state index in [0.29, 0.717) is 0 Å². The summed E-state index contributed by atoms with van der Waals surface area (Å²) < 4.78 is 21.3.